The largest absolute Gasteiger partial charge is 0.419 e. The number of nitrogens with zero attached hydrogens (tertiary/aromatic N) is 2. The summed E-state index contributed by atoms with van der Waals surface area (Å²) < 4.78 is 56.9. The molecule has 1 aromatic carbocycles. The highest BCUT2D eigenvalue weighted by Gasteiger charge is 2.34. The summed E-state index contributed by atoms with van der Waals surface area (Å²) in [7, 11) is 0. The lowest BCUT2D eigenvalue weighted by molar-refractivity contribution is -0.139. The monoisotopic (exact) mass is 323 g/mol. The first-order valence-electron chi connectivity index (χ1n) is 6.40. The molecular weight excluding hydrogens is 314 g/mol. The Hall–Kier alpha value is -2.90. The lowest BCUT2D eigenvalue weighted by Gasteiger charge is -2.09. The molecule has 2 N–H and O–H groups in total. The highest BCUT2D eigenvalue weighted by atomic mass is 19.4. The highest BCUT2D eigenvalue weighted by molar-refractivity contribution is 5.86. The zero-order valence-electron chi connectivity index (χ0n) is 11.4. The molecule has 0 fully saturated rings. The van der Waals surface area contributed by atoms with Gasteiger partial charge >= 0.3 is 6.18 Å². The number of alkyl halides is 3. The summed E-state index contributed by atoms with van der Waals surface area (Å²) in [5.41, 5.74) is 5.39. The zero-order valence-corrected chi connectivity index (χ0v) is 11.4. The van der Waals surface area contributed by atoms with E-state index in [0.717, 1.165) is 6.07 Å². The van der Waals surface area contributed by atoms with Gasteiger partial charge in [-0.1, -0.05) is 5.16 Å². The van der Waals surface area contributed by atoms with Crippen LogP contribution in [0.2, 0.25) is 0 Å². The van der Waals surface area contributed by atoms with Crippen LogP contribution in [-0.4, -0.2) is 10.1 Å². The molecule has 2 aromatic heterocycles. The molecule has 8 heteroatoms. The summed E-state index contributed by atoms with van der Waals surface area (Å²) in [6, 6.07) is 5.82. The van der Waals surface area contributed by atoms with Gasteiger partial charge in [0.1, 0.15) is 11.5 Å². The lowest BCUT2D eigenvalue weighted by atomic mass is 10.00. The molecule has 3 aromatic rings. The molecule has 0 aliphatic rings. The highest BCUT2D eigenvalue weighted by Crippen LogP contribution is 2.39. The summed E-state index contributed by atoms with van der Waals surface area (Å²) in [5, 5.41) is 3.70. The van der Waals surface area contributed by atoms with Crippen LogP contribution in [0.4, 0.5) is 23.4 Å². The summed E-state index contributed by atoms with van der Waals surface area (Å²) in [6.07, 6.45) is -1.82. The second-order valence-corrected chi connectivity index (χ2v) is 4.70. The summed E-state index contributed by atoms with van der Waals surface area (Å²) in [5.74, 6) is -1.41. The van der Waals surface area contributed by atoms with Crippen LogP contribution in [0.1, 0.15) is 5.56 Å². The van der Waals surface area contributed by atoms with Crippen LogP contribution in [0.5, 0.6) is 0 Å². The number of nitrogen functional groups attached to an aromatic ring is 1. The first kappa shape index (κ1) is 15.0. The molecule has 0 spiro atoms. The second-order valence-electron chi connectivity index (χ2n) is 4.70. The van der Waals surface area contributed by atoms with E-state index in [9.17, 15) is 17.6 Å². The van der Waals surface area contributed by atoms with Crippen molar-refractivity contribution in [2.45, 2.75) is 6.18 Å². The molecule has 0 amide bonds. The maximum Gasteiger partial charge on any atom is 0.419 e. The fraction of sp³-hybridized carbons (Fsp3) is 0.0667. The summed E-state index contributed by atoms with van der Waals surface area (Å²) in [6.45, 7) is 0. The van der Waals surface area contributed by atoms with E-state index in [4.69, 9.17) is 10.3 Å². The number of halogens is 4. The Morgan fingerprint density at radius 3 is 2.35 bits per heavy atom. The predicted molar refractivity (Wildman–Crippen MR) is 74.5 cm³/mol. The number of benzene rings is 1. The molecular formula is C15H9F4N3O. The molecule has 0 aliphatic carbocycles. The fourth-order valence-corrected chi connectivity index (χ4v) is 2.19. The predicted octanol–water partition coefficient (Wildman–Crippen LogP) is 4.14. The number of pyridine rings is 1. The van der Waals surface area contributed by atoms with Gasteiger partial charge in [0.25, 0.3) is 0 Å². The number of aromatic nitrogens is 2. The smallest absolute Gasteiger partial charge is 0.367 e. The van der Waals surface area contributed by atoms with Gasteiger partial charge in [-0.05, 0) is 35.9 Å². The van der Waals surface area contributed by atoms with Crippen LogP contribution in [0, 0.1) is 5.82 Å². The fourth-order valence-electron chi connectivity index (χ4n) is 2.19. The van der Waals surface area contributed by atoms with Gasteiger partial charge in [0.15, 0.2) is 0 Å². The molecule has 0 aliphatic heterocycles. The molecule has 3 rings (SSSR count). The number of hydrogen-bond acceptors (Lipinski definition) is 4. The standard InChI is InChI=1S/C15H9F4N3O/c16-11-2-1-9(7-10(11)15(17,18)19)13-12(14(20)23-22-13)8-3-5-21-6-4-8/h1-7H,20H2. The Morgan fingerprint density at radius 1 is 1.00 bits per heavy atom. The van der Waals surface area contributed by atoms with Gasteiger partial charge in [-0.15, -0.1) is 0 Å². The molecule has 0 atom stereocenters. The van der Waals surface area contributed by atoms with Crippen LogP contribution in [-0.2, 0) is 6.18 Å². The Bertz CT molecular complexity index is 844. The summed E-state index contributed by atoms with van der Waals surface area (Å²) >= 11 is 0. The molecule has 2 heterocycles. The minimum absolute atomic E-state index is 0.0472. The van der Waals surface area contributed by atoms with Crippen LogP contribution in [0.15, 0.2) is 47.2 Å². The van der Waals surface area contributed by atoms with Crippen LogP contribution in [0.25, 0.3) is 22.4 Å². The normalized spacial score (nSPS) is 11.7. The van der Waals surface area contributed by atoms with Crippen LogP contribution >= 0.6 is 0 Å². The molecule has 0 saturated heterocycles. The van der Waals surface area contributed by atoms with Crippen molar-refractivity contribution in [3.8, 4) is 22.4 Å². The van der Waals surface area contributed by atoms with Gasteiger partial charge in [0.2, 0.25) is 5.88 Å². The number of hydrogen-bond donors (Lipinski definition) is 1. The third-order valence-electron chi connectivity index (χ3n) is 3.23. The topological polar surface area (TPSA) is 64.9 Å². The zero-order chi connectivity index (χ0) is 16.6. The first-order chi connectivity index (χ1) is 10.9. The Kier molecular flexibility index (Phi) is 3.51. The quantitative estimate of drug-likeness (QED) is 0.720. The van der Waals surface area contributed by atoms with Crippen LogP contribution < -0.4 is 5.73 Å². The minimum Gasteiger partial charge on any atom is -0.367 e. The van der Waals surface area contributed by atoms with E-state index >= 15 is 0 Å². The van der Waals surface area contributed by atoms with E-state index in [2.05, 4.69) is 10.1 Å². The number of nitrogens with two attached hydrogens (primary N) is 1. The Labute approximate surface area is 127 Å². The SMILES string of the molecule is Nc1onc(-c2ccc(F)c(C(F)(F)F)c2)c1-c1ccncc1. The van der Waals surface area contributed by atoms with E-state index in [0.29, 0.717) is 17.2 Å². The second kappa shape index (κ2) is 5.38. The molecule has 0 saturated carbocycles. The average Bonchev–Trinajstić information content (AvgIpc) is 2.89. The van der Waals surface area contributed by atoms with E-state index in [-0.39, 0.29) is 17.1 Å². The van der Waals surface area contributed by atoms with Crippen molar-refractivity contribution in [3.05, 3.63) is 54.1 Å². The molecule has 4 nitrogen and oxygen atoms in total. The van der Waals surface area contributed by atoms with E-state index in [1.165, 1.54) is 18.5 Å². The molecule has 0 radical (unpaired) electrons. The molecule has 0 bridgehead atoms. The minimum atomic E-state index is -4.81. The Morgan fingerprint density at radius 2 is 1.70 bits per heavy atom. The molecule has 118 valence electrons. The van der Waals surface area contributed by atoms with Gasteiger partial charge in [-0.3, -0.25) is 4.98 Å². The first-order valence-corrected chi connectivity index (χ1v) is 6.40. The Balaban J connectivity index is 2.18. The van der Waals surface area contributed by atoms with Crippen molar-refractivity contribution in [2.24, 2.45) is 0 Å². The van der Waals surface area contributed by atoms with Crippen molar-refractivity contribution in [3.63, 3.8) is 0 Å². The van der Waals surface area contributed by atoms with Crippen molar-refractivity contribution in [2.75, 3.05) is 5.73 Å². The van der Waals surface area contributed by atoms with Gasteiger partial charge in [0.05, 0.1) is 11.1 Å². The van der Waals surface area contributed by atoms with E-state index < -0.39 is 17.6 Å². The van der Waals surface area contributed by atoms with Crippen LogP contribution in [0.3, 0.4) is 0 Å². The lowest BCUT2D eigenvalue weighted by Crippen LogP contribution is -2.08. The maximum absolute atomic E-state index is 13.4. The number of rotatable bonds is 2. The molecule has 0 unspecified atom stereocenters. The third kappa shape index (κ3) is 2.75. The van der Waals surface area contributed by atoms with Gasteiger partial charge < -0.3 is 10.3 Å². The summed E-state index contributed by atoms with van der Waals surface area (Å²) in [4.78, 5) is 3.86. The van der Waals surface area contributed by atoms with Crippen molar-refractivity contribution in [1.82, 2.24) is 10.1 Å². The maximum atomic E-state index is 13.4. The van der Waals surface area contributed by atoms with Gasteiger partial charge in [-0.25, -0.2) is 4.39 Å². The van der Waals surface area contributed by atoms with Crippen molar-refractivity contribution < 1.29 is 22.1 Å². The van der Waals surface area contributed by atoms with E-state index in [1.807, 2.05) is 0 Å². The van der Waals surface area contributed by atoms with E-state index in [1.54, 1.807) is 12.1 Å². The van der Waals surface area contributed by atoms with Gasteiger partial charge in [0, 0.05) is 18.0 Å². The average molecular weight is 323 g/mol. The number of anilines is 1. The molecule has 23 heavy (non-hydrogen) atoms. The van der Waals surface area contributed by atoms with Gasteiger partial charge in [-0.2, -0.15) is 13.2 Å². The third-order valence-corrected chi connectivity index (χ3v) is 3.23. The van der Waals surface area contributed by atoms with Crippen molar-refractivity contribution >= 4 is 5.88 Å². The van der Waals surface area contributed by atoms with Crippen molar-refractivity contribution in [1.29, 1.82) is 0 Å².